The first kappa shape index (κ1) is 18.4. The predicted octanol–water partition coefficient (Wildman–Crippen LogP) is 2.81. The molecule has 0 aliphatic heterocycles. The fraction of sp³-hybridized carbons (Fsp3) is 0.263. The Morgan fingerprint density at radius 2 is 1.89 bits per heavy atom. The van der Waals surface area contributed by atoms with Gasteiger partial charge in [0.2, 0.25) is 0 Å². The van der Waals surface area contributed by atoms with E-state index in [4.69, 9.17) is 9.26 Å². The van der Waals surface area contributed by atoms with Gasteiger partial charge in [0, 0.05) is 18.7 Å². The molecule has 0 saturated carbocycles. The summed E-state index contributed by atoms with van der Waals surface area (Å²) in [5, 5.41) is 9.74. The quantitative estimate of drug-likeness (QED) is 0.662. The van der Waals surface area contributed by atoms with E-state index in [9.17, 15) is 4.79 Å². The van der Waals surface area contributed by atoms with Crippen LogP contribution in [0.5, 0.6) is 5.75 Å². The van der Waals surface area contributed by atoms with Crippen molar-refractivity contribution < 1.29 is 14.1 Å². The minimum atomic E-state index is -0.256. The van der Waals surface area contributed by atoms with Crippen molar-refractivity contribution >= 4 is 17.5 Å². The smallest absolute Gasteiger partial charge is 0.270 e. The first-order valence-corrected chi connectivity index (χ1v) is 8.50. The molecule has 8 nitrogen and oxygen atoms in total. The standard InChI is InChI=1S/C19H21N5O3/c1-12-10-18(24-27-12)23-17-11-16(21-13(2)22-17)19(25)20-9-8-14-4-6-15(26-3)7-5-14/h4-7,10-11H,8-9H2,1-3H3,(H,20,25)(H,21,22,23,24). The third-order valence-electron chi connectivity index (χ3n) is 3.81. The van der Waals surface area contributed by atoms with Crippen LogP contribution in [0.4, 0.5) is 11.6 Å². The Kier molecular flexibility index (Phi) is 5.65. The molecule has 0 spiro atoms. The Morgan fingerprint density at radius 1 is 1.11 bits per heavy atom. The summed E-state index contributed by atoms with van der Waals surface area (Å²) >= 11 is 0. The topological polar surface area (TPSA) is 102 Å². The van der Waals surface area contributed by atoms with E-state index in [1.807, 2.05) is 24.3 Å². The number of methoxy groups -OCH3 is 1. The summed E-state index contributed by atoms with van der Waals surface area (Å²) < 4.78 is 10.1. The van der Waals surface area contributed by atoms with Crippen LogP contribution in [0.3, 0.4) is 0 Å². The lowest BCUT2D eigenvalue weighted by Gasteiger charge is -2.08. The monoisotopic (exact) mass is 367 g/mol. The molecule has 0 fully saturated rings. The first-order valence-electron chi connectivity index (χ1n) is 8.50. The summed E-state index contributed by atoms with van der Waals surface area (Å²) in [5.41, 5.74) is 1.40. The summed E-state index contributed by atoms with van der Waals surface area (Å²) in [4.78, 5) is 20.9. The van der Waals surface area contributed by atoms with E-state index in [1.165, 1.54) is 0 Å². The lowest BCUT2D eigenvalue weighted by atomic mass is 10.1. The van der Waals surface area contributed by atoms with Crippen LogP contribution in [-0.4, -0.2) is 34.7 Å². The average Bonchev–Trinajstić information content (AvgIpc) is 3.06. The number of hydrogen-bond acceptors (Lipinski definition) is 7. The lowest BCUT2D eigenvalue weighted by Crippen LogP contribution is -2.27. The average molecular weight is 367 g/mol. The van der Waals surface area contributed by atoms with Gasteiger partial charge >= 0.3 is 0 Å². The van der Waals surface area contributed by atoms with Gasteiger partial charge in [-0.05, 0) is 38.0 Å². The molecule has 2 N–H and O–H groups in total. The highest BCUT2D eigenvalue weighted by Gasteiger charge is 2.11. The lowest BCUT2D eigenvalue weighted by molar-refractivity contribution is 0.0949. The van der Waals surface area contributed by atoms with Crippen LogP contribution in [0.25, 0.3) is 0 Å². The zero-order valence-corrected chi connectivity index (χ0v) is 15.4. The Hall–Kier alpha value is -3.42. The van der Waals surface area contributed by atoms with Crippen molar-refractivity contribution in [3.63, 3.8) is 0 Å². The Bertz CT molecular complexity index is 921. The van der Waals surface area contributed by atoms with Crippen molar-refractivity contribution in [1.29, 1.82) is 0 Å². The van der Waals surface area contributed by atoms with Gasteiger partial charge in [-0.15, -0.1) is 0 Å². The molecule has 140 valence electrons. The van der Waals surface area contributed by atoms with Crippen molar-refractivity contribution in [3.05, 3.63) is 59.2 Å². The molecule has 1 amide bonds. The van der Waals surface area contributed by atoms with Gasteiger partial charge in [-0.25, -0.2) is 9.97 Å². The number of aryl methyl sites for hydroxylation is 2. The van der Waals surface area contributed by atoms with Gasteiger partial charge in [-0.3, -0.25) is 4.79 Å². The summed E-state index contributed by atoms with van der Waals surface area (Å²) in [7, 11) is 1.63. The maximum atomic E-state index is 12.4. The maximum Gasteiger partial charge on any atom is 0.270 e. The highest BCUT2D eigenvalue weighted by Crippen LogP contribution is 2.15. The highest BCUT2D eigenvalue weighted by atomic mass is 16.5. The molecular weight excluding hydrogens is 346 g/mol. The third kappa shape index (κ3) is 5.04. The number of benzene rings is 1. The molecule has 2 heterocycles. The zero-order chi connectivity index (χ0) is 19.2. The molecule has 0 saturated heterocycles. The molecule has 27 heavy (non-hydrogen) atoms. The number of amides is 1. The van der Waals surface area contributed by atoms with E-state index < -0.39 is 0 Å². The molecule has 0 bridgehead atoms. The second-order valence-corrected chi connectivity index (χ2v) is 5.99. The van der Waals surface area contributed by atoms with Gasteiger partial charge in [-0.1, -0.05) is 17.3 Å². The molecule has 3 aromatic rings. The van der Waals surface area contributed by atoms with Crippen LogP contribution in [0.2, 0.25) is 0 Å². The number of anilines is 2. The molecule has 0 radical (unpaired) electrons. The van der Waals surface area contributed by atoms with Crippen molar-refractivity contribution in [1.82, 2.24) is 20.4 Å². The summed E-state index contributed by atoms with van der Waals surface area (Å²) in [6.07, 6.45) is 0.711. The number of nitrogens with one attached hydrogen (secondary N) is 2. The Labute approximate surface area is 157 Å². The van der Waals surface area contributed by atoms with Crippen molar-refractivity contribution in [3.8, 4) is 5.75 Å². The zero-order valence-electron chi connectivity index (χ0n) is 15.4. The van der Waals surface area contributed by atoms with Gasteiger partial charge in [-0.2, -0.15) is 0 Å². The molecule has 0 aliphatic carbocycles. The van der Waals surface area contributed by atoms with Crippen molar-refractivity contribution in [2.75, 3.05) is 19.0 Å². The van der Waals surface area contributed by atoms with Gasteiger partial charge in [0.25, 0.3) is 5.91 Å². The number of aromatic nitrogens is 3. The fourth-order valence-electron chi connectivity index (χ4n) is 2.51. The highest BCUT2D eigenvalue weighted by molar-refractivity contribution is 5.93. The van der Waals surface area contributed by atoms with Crippen LogP contribution in [0, 0.1) is 13.8 Å². The van der Waals surface area contributed by atoms with Gasteiger partial charge in [0.1, 0.15) is 28.8 Å². The minimum Gasteiger partial charge on any atom is -0.497 e. The SMILES string of the molecule is COc1ccc(CCNC(=O)c2cc(Nc3cc(C)on3)nc(C)n2)cc1. The largest absolute Gasteiger partial charge is 0.497 e. The number of nitrogens with zero attached hydrogens (tertiary/aromatic N) is 3. The fourth-order valence-corrected chi connectivity index (χ4v) is 2.51. The van der Waals surface area contributed by atoms with E-state index in [2.05, 4.69) is 25.8 Å². The van der Waals surface area contributed by atoms with E-state index in [1.54, 1.807) is 33.1 Å². The molecule has 0 unspecified atom stereocenters. The molecule has 1 aromatic carbocycles. The molecule has 0 aliphatic rings. The van der Waals surface area contributed by atoms with Crippen LogP contribution in [0.1, 0.15) is 27.6 Å². The molecular formula is C19H21N5O3. The van der Waals surface area contributed by atoms with Gasteiger partial charge < -0.3 is 19.9 Å². The molecule has 2 aromatic heterocycles. The normalized spacial score (nSPS) is 10.5. The maximum absolute atomic E-state index is 12.4. The third-order valence-corrected chi connectivity index (χ3v) is 3.81. The number of hydrogen-bond donors (Lipinski definition) is 2. The Morgan fingerprint density at radius 3 is 2.56 bits per heavy atom. The van der Waals surface area contributed by atoms with E-state index in [-0.39, 0.29) is 5.91 Å². The summed E-state index contributed by atoms with van der Waals surface area (Å²) in [6.45, 7) is 4.03. The van der Waals surface area contributed by atoms with E-state index >= 15 is 0 Å². The van der Waals surface area contributed by atoms with Crippen molar-refractivity contribution in [2.45, 2.75) is 20.3 Å². The number of carbonyl (C=O) groups excluding carboxylic acids is 1. The molecule has 8 heteroatoms. The van der Waals surface area contributed by atoms with Crippen LogP contribution in [0.15, 0.2) is 40.9 Å². The number of carbonyl (C=O) groups is 1. The predicted molar refractivity (Wildman–Crippen MR) is 100 cm³/mol. The van der Waals surface area contributed by atoms with Gasteiger partial charge in [0.15, 0.2) is 5.82 Å². The van der Waals surface area contributed by atoms with E-state index in [0.29, 0.717) is 41.9 Å². The second-order valence-electron chi connectivity index (χ2n) is 5.99. The van der Waals surface area contributed by atoms with E-state index in [0.717, 1.165) is 11.3 Å². The van der Waals surface area contributed by atoms with Crippen LogP contribution in [-0.2, 0) is 6.42 Å². The number of rotatable bonds is 7. The second kappa shape index (κ2) is 8.31. The van der Waals surface area contributed by atoms with Crippen LogP contribution < -0.4 is 15.4 Å². The Balaban J connectivity index is 1.60. The van der Waals surface area contributed by atoms with Crippen LogP contribution >= 0.6 is 0 Å². The molecule has 3 rings (SSSR count). The molecule has 0 atom stereocenters. The summed E-state index contributed by atoms with van der Waals surface area (Å²) in [6, 6.07) is 11.1. The van der Waals surface area contributed by atoms with Gasteiger partial charge in [0.05, 0.1) is 7.11 Å². The number of ether oxygens (including phenoxy) is 1. The first-order chi connectivity index (χ1) is 13.0. The van der Waals surface area contributed by atoms with Crippen molar-refractivity contribution in [2.24, 2.45) is 0 Å². The minimum absolute atomic E-state index is 0.256. The summed E-state index contributed by atoms with van der Waals surface area (Å²) in [5.74, 6) is 2.72.